The molecule has 0 aliphatic carbocycles. The van der Waals surface area contributed by atoms with Crippen molar-refractivity contribution in [3.63, 3.8) is 0 Å². The molecule has 4 heteroatoms. The molecule has 4 nitrogen and oxygen atoms in total. The molecule has 1 atom stereocenters. The van der Waals surface area contributed by atoms with Gasteiger partial charge in [-0.3, -0.25) is 9.69 Å². The molecule has 1 unspecified atom stereocenters. The normalized spacial score (nSPS) is 18.6. The molecule has 1 aromatic carbocycles. The van der Waals surface area contributed by atoms with Crippen LogP contribution in [-0.4, -0.2) is 61.6 Å². The topological polar surface area (TPSA) is 32.8 Å². The van der Waals surface area contributed by atoms with Crippen LogP contribution in [0.2, 0.25) is 0 Å². The molecule has 1 aromatic rings. The van der Waals surface area contributed by atoms with E-state index in [1.54, 1.807) is 0 Å². The first-order valence-corrected chi connectivity index (χ1v) is 7.68. The molecular weight excluding hydrogens is 264 g/mol. The molecule has 0 spiro atoms. The lowest BCUT2D eigenvalue weighted by Gasteiger charge is -2.42. The van der Waals surface area contributed by atoms with E-state index in [0.717, 1.165) is 12.8 Å². The highest BCUT2D eigenvalue weighted by atomic mass is 16.5. The lowest BCUT2D eigenvalue weighted by atomic mass is 9.85. The van der Waals surface area contributed by atoms with Gasteiger partial charge in [0.15, 0.2) is 0 Å². The Hall–Kier alpha value is -1.39. The maximum absolute atomic E-state index is 13.1. The van der Waals surface area contributed by atoms with E-state index in [4.69, 9.17) is 4.74 Å². The van der Waals surface area contributed by atoms with Crippen LogP contribution in [0, 0.1) is 0 Å². The van der Waals surface area contributed by atoms with Gasteiger partial charge in [-0.1, -0.05) is 37.3 Å². The monoisotopic (exact) mass is 290 g/mol. The highest BCUT2D eigenvalue weighted by molar-refractivity contribution is 5.86. The summed E-state index contributed by atoms with van der Waals surface area (Å²) in [6, 6.07) is 10.3. The SMILES string of the molecule is CCC(Cc1ccccc1)(C(=O)N1CCOCC1)N(C)C. The van der Waals surface area contributed by atoms with Gasteiger partial charge in [0.2, 0.25) is 5.91 Å². The summed E-state index contributed by atoms with van der Waals surface area (Å²) in [5, 5.41) is 0. The molecule has 1 heterocycles. The molecular formula is C17H26N2O2. The smallest absolute Gasteiger partial charge is 0.243 e. The number of amides is 1. The molecule has 1 aliphatic heterocycles. The van der Waals surface area contributed by atoms with E-state index in [9.17, 15) is 4.79 Å². The Kier molecular flexibility index (Phi) is 5.37. The van der Waals surface area contributed by atoms with Crippen LogP contribution in [0.1, 0.15) is 18.9 Å². The van der Waals surface area contributed by atoms with Gasteiger partial charge in [-0.05, 0) is 32.5 Å². The first-order chi connectivity index (χ1) is 10.1. The number of ether oxygens (including phenoxy) is 1. The molecule has 0 bridgehead atoms. The molecule has 1 saturated heterocycles. The average molecular weight is 290 g/mol. The third-order valence-electron chi connectivity index (χ3n) is 4.48. The highest BCUT2D eigenvalue weighted by Crippen LogP contribution is 2.26. The van der Waals surface area contributed by atoms with Crippen molar-refractivity contribution >= 4 is 5.91 Å². The summed E-state index contributed by atoms with van der Waals surface area (Å²) in [5.41, 5.74) is 0.730. The van der Waals surface area contributed by atoms with Crippen molar-refractivity contribution in [2.45, 2.75) is 25.3 Å². The Morgan fingerprint density at radius 3 is 2.38 bits per heavy atom. The van der Waals surface area contributed by atoms with Gasteiger partial charge in [0.1, 0.15) is 5.54 Å². The van der Waals surface area contributed by atoms with Crippen molar-refractivity contribution in [2.75, 3.05) is 40.4 Å². The fraction of sp³-hybridized carbons (Fsp3) is 0.588. The van der Waals surface area contributed by atoms with Crippen LogP contribution in [0.3, 0.4) is 0 Å². The van der Waals surface area contributed by atoms with E-state index in [-0.39, 0.29) is 5.91 Å². The summed E-state index contributed by atoms with van der Waals surface area (Å²) in [6.07, 6.45) is 1.54. The number of nitrogens with zero attached hydrogens (tertiary/aromatic N) is 2. The van der Waals surface area contributed by atoms with Crippen LogP contribution in [0.15, 0.2) is 30.3 Å². The number of hydrogen-bond acceptors (Lipinski definition) is 3. The molecule has 0 saturated carbocycles. The molecule has 21 heavy (non-hydrogen) atoms. The molecule has 2 rings (SSSR count). The summed E-state index contributed by atoms with van der Waals surface area (Å²) in [6.45, 7) is 4.78. The van der Waals surface area contributed by atoms with Gasteiger partial charge < -0.3 is 9.64 Å². The number of likely N-dealkylation sites (N-methyl/N-ethyl adjacent to an activating group) is 1. The van der Waals surface area contributed by atoms with Crippen LogP contribution in [0.25, 0.3) is 0 Å². The summed E-state index contributed by atoms with van der Waals surface area (Å²) >= 11 is 0. The predicted molar refractivity (Wildman–Crippen MR) is 84.3 cm³/mol. The molecule has 0 radical (unpaired) electrons. The number of rotatable bonds is 5. The Morgan fingerprint density at radius 1 is 1.24 bits per heavy atom. The van der Waals surface area contributed by atoms with E-state index < -0.39 is 5.54 Å². The van der Waals surface area contributed by atoms with E-state index in [0.29, 0.717) is 26.3 Å². The molecule has 1 aliphatic rings. The van der Waals surface area contributed by atoms with Crippen LogP contribution in [0.4, 0.5) is 0 Å². The fourth-order valence-electron chi connectivity index (χ4n) is 3.01. The molecule has 1 amide bonds. The maximum Gasteiger partial charge on any atom is 0.243 e. The van der Waals surface area contributed by atoms with Crippen molar-refractivity contribution in [1.29, 1.82) is 0 Å². The van der Waals surface area contributed by atoms with Crippen molar-refractivity contribution in [3.8, 4) is 0 Å². The molecule has 1 fully saturated rings. The minimum Gasteiger partial charge on any atom is -0.378 e. The van der Waals surface area contributed by atoms with Crippen molar-refractivity contribution < 1.29 is 9.53 Å². The summed E-state index contributed by atoms with van der Waals surface area (Å²) in [7, 11) is 4.01. The van der Waals surface area contributed by atoms with Crippen molar-refractivity contribution in [3.05, 3.63) is 35.9 Å². The number of carbonyl (C=O) groups is 1. The van der Waals surface area contributed by atoms with Gasteiger partial charge in [0.25, 0.3) is 0 Å². The van der Waals surface area contributed by atoms with E-state index in [1.165, 1.54) is 5.56 Å². The van der Waals surface area contributed by atoms with E-state index in [2.05, 4.69) is 24.0 Å². The van der Waals surface area contributed by atoms with Gasteiger partial charge in [0, 0.05) is 13.1 Å². The Balaban J connectivity index is 2.25. The van der Waals surface area contributed by atoms with E-state index in [1.807, 2.05) is 37.2 Å². The van der Waals surface area contributed by atoms with Gasteiger partial charge in [0.05, 0.1) is 13.2 Å². The number of morpholine rings is 1. The highest BCUT2D eigenvalue weighted by Gasteiger charge is 2.42. The second-order valence-electron chi connectivity index (χ2n) is 5.85. The van der Waals surface area contributed by atoms with Crippen LogP contribution < -0.4 is 0 Å². The summed E-state index contributed by atoms with van der Waals surface area (Å²) < 4.78 is 5.37. The Morgan fingerprint density at radius 2 is 1.86 bits per heavy atom. The molecule has 0 N–H and O–H groups in total. The zero-order valence-electron chi connectivity index (χ0n) is 13.3. The standard InChI is InChI=1S/C17H26N2O2/c1-4-17(18(2)3,14-15-8-6-5-7-9-15)16(20)19-10-12-21-13-11-19/h5-9H,4,10-14H2,1-3H3. The molecule has 0 aromatic heterocycles. The van der Waals surface area contributed by atoms with Crippen LogP contribution >= 0.6 is 0 Å². The number of benzene rings is 1. The van der Waals surface area contributed by atoms with Crippen LogP contribution in [0.5, 0.6) is 0 Å². The lowest BCUT2D eigenvalue weighted by Crippen LogP contribution is -2.60. The second kappa shape index (κ2) is 7.05. The lowest BCUT2D eigenvalue weighted by molar-refractivity contribution is -0.147. The first-order valence-electron chi connectivity index (χ1n) is 7.68. The summed E-state index contributed by atoms with van der Waals surface area (Å²) in [4.78, 5) is 17.2. The zero-order valence-corrected chi connectivity index (χ0v) is 13.3. The van der Waals surface area contributed by atoms with Gasteiger partial charge >= 0.3 is 0 Å². The largest absolute Gasteiger partial charge is 0.378 e. The third-order valence-corrected chi connectivity index (χ3v) is 4.48. The number of hydrogen-bond donors (Lipinski definition) is 0. The predicted octanol–water partition coefficient (Wildman–Crippen LogP) is 1.80. The first kappa shape index (κ1) is 16.0. The zero-order chi connectivity index (χ0) is 15.3. The fourth-order valence-corrected chi connectivity index (χ4v) is 3.01. The Bertz CT molecular complexity index is 455. The van der Waals surface area contributed by atoms with Crippen molar-refractivity contribution in [2.24, 2.45) is 0 Å². The maximum atomic E-state index is 13.1. The summed E-state index contributed by atoms with van der Waals surface area (Å²) in [5.74, 6) is 0.224. The van der Waals surface area contributed by atoms with E-state index >= 15 is 0 Å². The third kappa shape index (κ3) is 3.44. The van der Waals surface area contributed by atoms with Crippen molar-refractivity contribution in [1.82, 2.24) is 9.80 Å². The van der Waals surface area contributed by atoms with Gasteiger partial charge in [-0.25, -0.2) is 0 Å². The number of carbonyl (C=O) groups excluding carboxylic acids is 1. The quantitative estimate of drug-likeness (QED) is 0.829. The minimum absolute atomic E-state index is 0.224. The second-order valence-corrected chi connectivity index (χ2v) is 5.85. The van der Waals surface area contributed by atoms with Gasteiger partial charge in [-0.2, -0.15) is 0 Å². The van der Waals surface area contributed by atoms with Crippen LogP contribution in [-0.2, 0) is 16.0 Å². The van der Waals surface area contributed by atoms with Gasteiger partial charge in [-0.15, -0.1) is 0 Å². The average Bonchev–Trinajstić information content (AvgIpc) is 2.53. The minimum atomic E-state index is -0.474. The molecule has 116 valence electrons. The Labute approximate surface area is 127 Å².